The maximum atomic E-state index is 13.1. The Hall–Kier alpha value is -2.63. The second-order valence-corrected chi connectivity index (χ2v) is 14.6. The molecule has 36 heavy (non-hydrogen) atoms. The molecule has 0 saturated heterocycles. The zero-order valence-electron chi connectivity index (χ0n) is 18.2. The number of hydrogen-bond donors (Lipinski definition) is 0. The van der Waals surface area contributed by atoms with E-state index in [2.05, 4.69) is 41.3 Å². The van der Waals surface area contributed by atoms with Gasteiger partial charge in [0.05, 0.1) is 0 Å². The molecule has 2 aromatic carbocycles. The number of halogens is 3. The average Bonchev–Trinajstić information content (AvgIpc) is 3.66. The van der Waals surface area contributed by atoms with Gasteiger partial charge >= 0.3 is 223 Å². The maximum absolute atomic E-state index is 13.1. The summed E-state index contributed by atoms with van der Waals surface area (Å²) in [5.74, 6) is -1.05. The van der Waals surface area contributed by atoms with E-state index < -0.39 is 23.6 Å². The Balaban J connectivity index is 1.28. The van der Waals surface area contributed by atoms with Gasteiger partial charge in [-0.1, -0.05) is 0 Å². The number of carbonyl (C=O) groups is 2. The Morgan fingerprint density at radius 3 is 1.89 bits per heavy atom. The molecule has 2 amide bonds. The molecule has 5 aromatic rings. The first-order valence-corrected chi connectivity index (χ1v) is 16.0. The van der Waals surface area contributed by atoms with E-state index >= 15 is 0 Å². The van der Waals surface area contributed by atoms with E-state index in [0.29, 0.717) is 29.0 Å². The Morgan fingerprint density at radius 2 is 1.25 bits per heavy atom. The van der Waals surface area contributed by atoms with Crippen LogP contribution in [0.5, 0.6) is 0 Å². The van der Waals surface area contributed by atoms with Crippen molar-refractivity contribution < 1.29 is 22.8 Å². The third-order valence-corrected chi connectivity index (χ3v) is 13.9. The molecule has 3 nitrogen and oxygen atoms in total. The third-order valence-electron chi connectivity index (χ3n) is 5.84. The van der Waals surface area contributed by atoms with Gasteiger partial charge in [0.15, 0.2) is 0 Å². The van der Waals surface area contributed by atoms with Gasteiger partial charge in [0.1, 0.15) is 0 Å². The van der Waals surface area contributed by atoms with Crippen molar-refractivity contribution in [2.75, 3.05) is 4.90 Å². The summed E-state index contributed by atoms with van der Waals surface area (Å²) >= 11 is 0.800. The quantitative estimate of drug-likeness (QED) is 0.182. The first kappa shape index (κ1) is 23.7. The van der Waals surface area contributed by atoms with E-state index in [-0.39, 0.29) is 31.3 Å². The number of rotatable bonds is 4. The van der Waals surface area contributed by atoms with Gasteiger partial charge in [0.2, 0.25) is 0 Å². The first-order valence-electron chi connectivity index (χ1n) is 10.7. The summed E-state index contributed by atoms with van der Waals surface area (Å²) < 4.78 is 45.5. The molecule has 3 aromatic heterocycles. The molecule has 6 rings (SSSR count). The fourth-order valence-electron chi connectivity index (χ4n) is 4.08. The molecule has 0 aliphatic carbocycles. The van der Waals surface area contributed by atoms with E-state index in [1.807, 2.05) is 6.07 Å². The summed E-state index contributed by atoms with van der Waals surface area (Å²) in [4.78, 5) is 29.2. The van der Waals surface area contributed by atoms with Crippen molar-refractivity contribution in [3.63, 3.8) is 0 Å². The molecule has 4 heterocycles. The topological polar surface area (TPSA) is 37.4 Å². The van der Waals surface area contributed by atoms with Crippen LogP contribution in [0.25, 0.3) is 27.8 Å². The molecular formula is C27H14F3NO2Se3. The standard InChI is InChI=1S/C27H14F3NO2Se3/c28-27(29,30)16-4-6-17(7-5-16)31-25(32)18-8-3-15(14-19(18)26(31)33)20-9-10-23(35-20)24-12-11-22(36-24)21-2-1-13-34-21/h1-14H. The molecule has 9 heteroatoms. The van der Waals surface area contributed by atoms with E-state index in [9.17, 15) is 22.8 Å². The summed E-state index contributed by atoms with van der Waals surface area (Å²) in [6.45, 7) is 0. The van der Waals surface area contributed by atoms with Gasteiger partial charge in [-0.2, -0.15) is 0 Å². The predicted octanol–water partition coefficient (Wildman–Crippen LogP) is 5.68. The third kappa shape index (κ3) is 4.16. The molecule has 1 aliphatic heterocycles. The van der Waals surface area contributed by atoms with Crippen molar-refractivity contribution in [1.29, 1.82) is 0 Å². The molecule has 0 fully saturated rings. The molecular weight excluding hydrogens is 664 g/mol. The molecule has 0 unspecified atom stereocenters. The first-order chi connectivity index (χ1) is 17.3. The number of hydrogen-bond acceptors (Lipinski definition) is 2. The zero-order valence-corrected chi connectivity index (χ0v) is 23.3. The number of nitrogens with zero attached hydrogens (tertiary/aromatic N) is 1. The number of alkyl halides is 3. The number of carbonyl (C=O) groups excluding carboxylic acids is 2. The molecule has 0 atom stereocenters. The fourth-order valence-corrected chi connectivity index (χ4v) is 11.0. The van der Waals surface area contributed by atoms with Crippen molar-refractivity contribution in [2.24, 2.45) is 0 Å². The Kier molecular flexibility index (Phi) is 5.96. The van der Waals surface area contributed by atoms with E-state index in [4.69, 9.17) is 0 Å². The number of imide groups is 1. The Bertz CT molecular complexity index is 1610. The van der Waals surface area contributed by atoms with Gasteiger partial charge in [-0.3, -0.25) is 0 Å². The summed E-state index contributed by atoms with van der Waals surface area (Å²) in [6.07, 6.45) is -4.49. The van der Waals surface area contributed by atoms with Crippen LogP contribution in [0.2, 0.25) is 0 Å². The van der Waals surface area contributed by atoms with E-state index in [1.54, 1.807) is 12.1 Å². The number of fused-ring (bicyclic) bond motifs is 1. The molecule has 0 saturated carbocycles. The minimum atomic E-state index is -4.49. The second kappa shape index (κ2) is 9.04. The van der Waals surface area contributed by atoms with Gasteiger partial charge in [0, 0.05) is 0 Å². The normalized spacial score (nSPS) is 13.5. The van der Waals surface area contributed by atoms with Crippen LogP contribution >= 0.6 is 0 Å². The van der Waals surface area contributed by atoms with Crippen molar-refractivity contribution in [1.82, 2.24) is 0 Å². The van der Waals surface area contributed by atoms with Gasteiger partial charge in [-0.25, -0.2) is 0 Å². The van der Waals surface area contributed by atoms with Crippen LogP contribution in [0.3, 0.4) is 0 Å². The molecule has 0 N–H and O–H groups in total. The van der Waals surface area contributed by atoms with Gasteiger partial charge in [-0.05, 0) is 0 Å². The van der Waals surface area contributed by atoms with Crippen molar-refractivity contribution in [2.45, 2.75) is 6.18 Å². The molecule has 178 valence electrons. The van der Waals surface area contributed by atoms with Crippen LogP contribution in [0.4, 0.5) is 18.9 Å². The second-order valence-electron chi connectivity index (χ2n) is 8.06. The number of anilines is 1. The number of amides is 2. The van der Waals surface area contributed by atoms with Crippen LogP contribution in [0, 0.1) is 0 Å². The summed E-state index contributed by atoms with van der Waals surface area (Å²) in [7, 11) is 0. The summed E-state index contributed by atoms with van der Waals surface area (Å²) in [5.41, 5.74) is 0.720. The number of benzene rings is 2. The molecule has 0 spiro atoms. The summed E-state index contributed by atoms with van der Waals surface area (Å²) in [5, 5.41) is 0. The van der Waals surface area contributed by atoms with Crippen LogP contribution in [0.15, 0.2) is 83.8 Å². The average molecular weight is 678 g/mol. The van der Waals surface area contributed by atoms with Crippen LogP contribution < -0.4 is 4.90 Å². The van der Waals surface area contributed by atoms with Gasteiger partial charge in [-0.15, -0.1) is 0 Å². The molecule has 0 bridgehead atoms. The Labute approximate surface area is 222 Å². The molecule has 1 aliphatic rings. The fraction of sp³-hybridized carbons (Fsp3) is 0.0370. The van der Waals surface area contributed by atoms with Crippen LogP contribution in [0.1, 0.15) is 26.3 Å². The zero-order chi connectivity index (χ0) is 25.0. The van der Waals surface area contributed by atoms with Crippen LogP contribution in [-0.4, -0.2) is 55.3 Å². The van der Waals surface area contributed by atoms with E-state index in [1.165, 1.54) is 17.7 Å². The Morgan fingerprint density at radius 1 is 0.639 bits per heavy atom. The van der Waals surface area contributed by atoms with Gasteiger partial charge in [0.25, 0.3) is 0 Å². The van der Waals surface area contributed by atoms with Gasteiger partial charge < -0.3 is 0 Å². The van der Waals surface area contributed by atoms with E-state index in [0.717, 1.165) is 39.2 Å². The molecule has 0 radical (unpaired) electrons. The van der Waals surface area contributed by atoms with Crippen molar-refractivity contribution >= 4 is 61.0 Å². The predicted molar refractivity (Wildman–Crippen MR) is 136 cm³/mol. The SMILES string of the molecule is O=C1c2ccc(-c3ccc(-c4ccc(-c5ccc[se]5)[se]4)[se]3)cc2C(=O)N1c1ccc(C(F)(F)F)cc1. The summed E-state index contributed by atoms with van der Waals surface area (Å²) in [6, 6.07) is 22.3. The van der Waals surface area contributed by atoms with Crippen molar-refractivity contribution in [3.05, 3.63) is 100 Å². The minimum absolute atomic E-state index is 0.0807. The van der Waals surface area contributed by atoms with Crippen molar-refractivity contribution in [3.8, 4) is 27.8 Å². The monoisotopic (exact) mass is 681 g/mol. The van der Waals surface area contributed by atoms with Crippen LogP contribution in [-0.2, 0) is 6.18 Å².